The van der Waals surface area contributed by atoms with Crippen LogP contribution in [0.1, 0.15) is 24.2 Å². The average Bonchev–Trinajstić information content (AvgIpc) is 2.93. The Kier molecular flexibility index (Phi) is 4.35. The summed E-state index contributed by atoms with van der Waals surface area (Å²) in [6.07, 6.45) is 4.96. The van der Waals surface area contributed by atoms with Gasteiger partial charge >= 0.3 is 0 Å². The predicted octanol–water partition coefficient (Wildman–Crippen LogP) is 1.99. The zero-order chi connectivity index (χ0) is 13.7. The van der Waals surface area contributed by atoms with Crippen LogP contribution in [0.2, 0.25) is 0 Å². The molecule has 4 heteroatoms. The lowest BCUT2D eigenvalue weighted by Crippen LogP contribution is -2.30. The van der Waals surface area contributed by atoms with Crippen molar-refractivity contribution in [2.75, 3.05) is 20.6 Å². The molecule has 0 aliphatic heterocycles. The van der Waals surface area contributed by atoms with Crippen molar-refractivity contribution >= 4 is 0 Å². The quantitative estimate of drug-likeness (QED) is 0.834. The number of rotatable bonds is 6. The van der Waals surface area contributed by atoms with Crippen molar-refractivity contribution in [1.82, 2.24) is 14.9 Å². The average molecular weight is 259 g/mol. The minimum Gasteiger partial charge on any atom is -0.377 e. The summed E-state index contributed by atoms with van der Waals surface area (Å²) in [7, 11) is 4.07. The van der Waals surface area contributed by atoms with Crippen LogP contribution in [0.4, 0.5) is 0 Å². The molecule has 0 saturated heterocycles. The second kappa shape index (κ2) is 5.99. The van der Waals surface area contributed by atoms with E-state index < -0.39 is 5.60 Å². The van der Waals surface area contributed by atoms with Crippen LogP contribution in [-0.4, -0.2) is 40.6 Å². The molecular formula is C15H21N3O. The van der Waals surface area contributed by atoms with Crippen molar-refractivity contribution in [3.63, 3.8) is 0 Å². The second-order valence-corrected chi connectivity index (χ2v) is 5.07. The molecule has 0 saturated carbocycles. The van der Waals surface area contributed by atoms with Crippen molar-refractivity contribution in [1.29, 1.82) is 0 Å². The summed E-state index contributed by atoms with van der Waals surface area (Å²) in [5.74, 6) is 0.609. The normalized spacial score (nSPS) is 14.5. The number of nitrogens with one attached hydrogen (secondary N) is 1. The van der Waals surface area contributed by atoms with Gasteiger partial charge in [-0.1, -0.05) is 30.3 Å². The number of hydrogen-bond acceptors (Lipinski definition) is 3. The third kappa shape index (κ3) is 3.22. The number of hydrogen-bond donors (Lipinski definition) is 2. The first-order valence-corrected chi connectivity index (χ1v) is 6.55. The summed E-state index contributed by atoms with van der Waals surface area (Å²) in [5.41, 5.74) is -0.162. The Hall–Kier alpha value is -1.65. The molecule has 1 heterocycles. The van der Waals surface area contributed by atoms with Crippen molar-refractivity contribution < 1.29 is 5.11 Å². The van der Waals surface area contributed by atoms with E-state index in [2.05, 4.69) is 14.9 Å². The predicted molar refractivity (Wildman–Crippen MR) is 75.8 cm³/mol. The smallest absolute Gasteiger partial charge is 0.147 e. The molecule has 0 aliphatic carbocycles. The van der Waals surface area contributed by atoms with E-state index in [0.29, 0.717) is 12.2 Å². The summed E-state index contributed by atoms with van der Waals surface area (Å²) >= 11 is 0. The Balaban J connectivity index is 2.24. The number of aromatic nitrogens is 2. The summed E-state index contributed by atoms with van der Waals surface area (Å²) in [4.78, 5) is 9.40. The lowest BCUT2D eigenvalue weighted by Gasteiger charge is -2.27. The highest BCUT2D eigenvalue weighted by Crippen LogP contribution is 2.31. The highest BCUT2D eigenvalue weighted by molar-refractivity contribution is 5.29. The number of aromatic amines is 1. The molecule has 0 aliphatic rings. The summed E-state index contributed by atoms with van der Waals surface area (Å²) < 4.78 is 0. The van der Waals surface area contributed by atoms with Crippen LogP contribution in [0.5, 0.6) is 0 Å². The molecular weight excluding hydrogens is 238 g/mol. The number of benzene rings is 1. The molecule has 1 aromatic carbocycles. The van der Waals surface area contributed by atoms with E-state index in [4.69, 9.17) is 0 Å². The largest absolute Gasteiger partial charge is 0.377 e. The molecule has 0 spiro atoms. The fourth-order valence-electron chi connectivity index (χ4n) is 2.26. The highest BCUT2D eigenvalue weighted by atomic mass is 16.3. The van der Waals surface area contributed by atoms with Gasteiger partial charge < -0.3 is 15.0 Å². The Morgan fingerprint density at radius 2 is 2.00 bits per heavy atom. The highest BCUT2D eigenvalue weighted by Gasteiger charge is 2.33. The van der Waals surface area contributed by atoms with Gasteiger partial charge in [-0.05, 0) is 39.0 Å². The van der Waals surface area contributed by atoms with Gasteiger partial charge in [0.05, 0.1) is 0 Å². The minimum atomic E-state index is -1.04. The van der Waals surface area contributed by atoms with Gasteiger partial charge in [-0.2, -0.15) is 0 Å². The Labute approximate surface area is 114 Å². The lowest BCUT2D eigenvalue weighted by molar-refractivity contribution is 0.0581. The maximum absolute atomic E-state index is 11.0. The van der Waals surface area contributed by atoms with Gasteiger partial charge in [0.25, 0.3) is 0 Å². The van der Waals surface area contributed by atoms with Crippen molar-refractivity contribution in [3.8, 4) is 0 Å². The molecule has 2 aromatic rings. The number of imidazole rings is 1. The van der Waals surface area contributed by atoms with Gasteiger partial charge in [0.15, 0.2) is 0 Å². The Bertz CT molecular complexity index is 481. The van der Waals surface area contributed by atoms with Gasteiger partial charge in [-0.3, -0.25) is 0 Å². The third-order valence-electron chi connectivity index (χ3n) is 3.29. The molecule has 0 fully saturated rings. The molecule has 19 heavy (non-hydrogen) atoms. The van der Waals surface area contributed by atoms with E-state index in [1.165, 1.54) is 0 Å². The van der Waals surface area contributed by atoms with E-state index in [1.54, 1.807) is 12.4 Å². The van der Waals surface area contributed by atoms with Crippen molar-refractivity contribution in [2.45, 2.75) is 18.4 Å². The van der Waals surface area contributed by atoms with Crippen LogP contribution in [-0.2, 0) is 5.60 Å². The minimum absolute atomic E-state index is 0.609. The molecule has 0 radical (unpaired) electrons. The fourth-order valence-corrected chi connectivity index (χ4v) is 2.26. The lowest BCUT2D eigenvalue weighted by atomic mass is 9.88. The molecule has 1 aromatic heterocycles. The molecule has 2 N–H and O–H groups in total. The number of H-pyrrole nitrogens is 1. The summed E-state index contributed by atoms with van der Waals surface area (Å²) in [6.45, 7) is 0.940. The molecule has 1 atom stereocenters. The molecule has 0 bridgehead atoms. The summed E-state index contributed by atoms with van der Waals surface area (Å²) in [6, 6.07) is 9.71. The maximum Gasteiger partial charge on any atom is 0.147 e. The standard InChI is InChI=1S/C15H21N3O/c1-18(2)12-6-9-15(19,14-16-10-11-17-14)13-7-4-3-5-8-13/h3-5,7-8,10-11,19H,6,9,12H2,1-2H3,(H,16,17). The SMILES string of the molecule is CN(C)CCCC(O)(c1ccccc1)c1ncc[nH]1. The van der Waals surface area contributed by atoms with E-state index >= 15 is 0 Å². The molecule has 2 rings (SSSR count). The van der Waals surface area contributed by atoms with Crippen LogP contribution in [0.25, 0.3) is 0 Å². The number of aliphatic hydroxyl groups is 1. The van der Waals surface area contributed by atoms with Crippen LogP contribution >= 0.6 is 0 Å². The van der Waals surface area contributed by atoms with Crippen molar-refractivity contribution in [2.24, 2.45) is 0 Å². The summed E-state index contributed by atoms with van der Waals surface area (Å²) in [5, 5.41) is 11.0. The zero-order valence-corrected chi connectivity index (χ0v) is 11.5. The first-order chi connectivity index (χ1) is 9.13. The van der Waals surface area contributed by atoms with E-state index in [1.807, 2.05) is 44.4 Å². The van der Waals surface area contributed by atoms with Crippen LogP contribution in [0, 0.1) is 0 Å². The van der Waals surface area contributed by atoms with Gasteiger partial charge in [0.2, 0.25) is 0 Å². The van der Waals surface area contributed by atoms with E-state index in [-0.39, 0.29) is 0 Å². The van der Waals surface area contributed by atoms with Crippen molar-refractivity contribution in [3.05, 3.63) is 54.1 Å². The molecule has 0 amide bonds. The Morgan fingerprint density at radius 3 is 2.58 bits per heavy atom. The van der Waals surface area contributed by atoms with Gasteiger partial charge in [0.1, 0.15) is 11.4 Å². The van der Waals surface area contributed by atoms with Crippen LogP contribution in [0.3, 0.4) is 0 Å². The van der Waals surface area contributed by atoms with Crippen LogP contribution in [0.15, 0.2) is 42.7 Å². The van der Waals surface area contributed by atoms with E-state index in [9.17, 15) is 5.11 Å². The van der Waals surface area contributed by atoms with E-state index in [0.717, 1.165) is 18.5 Å². The van der Waals surface area contributed by atoms with Gasteiger partial charge in [0, 0.05) is 12.4 Å². The molecule has 4 nitrogen and oxygen atoms in total. The monoisotopic (exact) mass is 259 g/mol. The molecule has 1 unspecified atom stereocenters. The number of nitrogens with zero attached hydrogens (tertiary/aromatic N) is 2. The first kappa shape index (κ1) is 13.8. The van der Waals surface area contributed by atoms with Gasteiger partial charge in [-0.25, -0.2) is 4.98 Å². The zero-order valence-electron chi connectivity index (χ0n) is 11.5. The second-order valence-electron chi connectivity index (χ2n) is 5.07. The fraction of sp³-hybridized carbons (Fsp3) is 0.400. The maximum atomic E-state index is 11.0. The Morgan fingerprint density at radius 1 is 1.26 bits per heavy atom. The van der Waals surface area contributed by atoms with Crippen LogP contribution < -0.4 is 0 Å². The topological polar surface area (TPSA) is 52.1 Å². The third-order valence-corrected chi connectivity index (χ3v) is 3.29. The molecule has 102 valence electrons. The first-order valence-electron chi connectivity index (χ1n) is 6.55. The van der Waals surface area contributed by atoms with Gasteiger partial charge in [-0.15, -0.1) is 0 Å².